The van der Waals surface area contributed by atoms with Crippen molar-refractivity contribution in [1.82, 2.24) is 5.32 Å². The van der Waals surface area contributed by atoms with E-state index in [1.54, 1.807) is 31.2 Å². The molecule has 5 heteroatoms. The highest BCUT2D eigenvalue weighted by molar-refractivity contribution is 5.94. The summed E-state index contributed by atoms with van der Waals surface area (Å²) in [5, 5.41) is 11.5. The topological polar surface area (TPSA) is 75.6 Å². The number of ketones is 1. The molecule has 0 radical (unpaired) electrons. The highest BCUT2D eigenvalue weighted by Crippen LogP contribution is 2.12. The van der Waals surface area contributed by atoms with Crippen LogP contribution in [0.3, 0.4) is 0 Å². The average molecular weight is 251 g/mol. The lowest BCUT2D eigenvalue weighted by molar-refractivity contribution is -0.123. The van der Waals surface area contributed by atoms with E-state index in [4.69, 9.17) is 9.84 Å². The molecular formula is C13H17NO4. The standard InChI is InChI=1S/C13H17NO4/c1-9(15)7-14-13(17)8-18-12-5-3-11(4-6-12)10(2)16/h3-6,9,15H,7-8H2,1-2H3,(H,14,17). The lowest BCUT2D eigenvalue weighted by atomic mass is 10.1. The molecule has 0 bridgehead atoms. The third kappa shape index (κ3) is 4.97. The number of hydrogen-bond donors (Lipinski definition) is 2. The SMILES string of the molecule is CC(=O)c1ccc(OCC(=O)NCC(C)O)cc1. The number of hydrogen-bond acceptors (Lipinski definition) is 4. The second-order valence-corrected chi connectivity index (χ2v) is 4.02. The summed E-state index contributed by atoms with van der Waals surface area (Å²) >= 11 is 0. The normalized spacial score (nSPS) is 11.7. The molecule has 1 unspecified atom stereocenters. The van der Waals surface area contributed by atoms with E-state index < -0.39 is 6.10 Å². The smallest absolute Gasteiger partial charge is 0.258 e. The van der Waals surface area contributed by atoms with Crippen LogP contribution in [-0.4, -0.2) is 36.1 Å². The monoisotopic (exact) mass is 251 g/mol. The minimum Gasteiger partial charge on any atom is -0.484 e. The molecule has 18 heavy (non-hydrogen) atoms. The first-order valence-electron chi connectivity index (χ1n) is 5.67. The fraction of sp³-hybridized carbons (Fsp3) is 0.385. The van der Waals surface area contributed by atoms with E-state index in [0.29, 0.717) is 11.3 Å². The molecule has 1 atom stereocenters. The predicted octanol–water partition coefficient (Wildman–Crippen LogP) is 0.765. The van der Waals surface area contributed by atoms with Gasteiger partial charge in [0.05, 0.1) is 6.10 Å². The largest absolute Gasteiger partial charge is 0.484 e. The molecule has 1 amide bonds. The van der Waals surface area contributed by atoms with E-state index in [9.17, 15) is 9.59 Å². The van der Waals surface area contributed by atoms with Crippen LogP contribution in [0.4, 0.5) is 0 Å². The molecule has 0 aromatic heterocycles. The Kier molecular flexibility index (Phi) is 5.32. The highest BCUT2D eigenvalue weighted by Gasteiger charge is 2.04. The zero-order valence-corrected chi connectivity index (χ0v) is 10.5. The van der Waals surface area contributed by atoms with Gasteiger partial charge in [-0.2, -0.15) is 0 Å². The molecule has 0 spiro atoms. The third-order valence-electron chi connectivity index (χ3n) is 2.23. The molecule has 5 nitrogen and oxygen atoms in total. The van der Waals surface area contributed by atoms with Crippen molar-refractivity contribution in [1.29, 1.82) is 0 Å². The number of carbonyl (C=O) groups is 2. The lowest BCUT2D eigenvalue weighted by Crippen LogP contribution is -2.34. The summed E-state index contributed by atoms with van der Waals surface area (Å²) in [7, 11) is 0. The predicted molar refractivity (Wildman–Crippen MR) is 66.6 cm³/mol. The second-order valence-electron chi connectivity index (χ2n) is 4.02. The molecule has 0 heterocycles. The molecule has 2 N–H and O–H groups in total. The number of rotatable bonds is 6. The molecule has 0 fully saturated rings. The number of nitrogens with one attached hydrogen (secondary N) is 1. The molecule has 0 aliphatic rings. The van der Waals surface area contributed by atoms with E-state index >= 15 is 0 Å². The van der Waals surface area contributed by atoms with Gasteiger partial charge in [0.2, 0.25) is 0 Å². The third-order valence-corrected chi connectivity index (χ3v) is 2.23. The van der Waals surface area contributed by atoms with Crippen molar-refractivity contribution in [2.45, 2.75) is 20.0 Å². The maximum atomic E-state index is 11.3. The van der Waals surface area contributed by atoms with E-state index in [0.717, 1.165) is 0 Å². The molecule has 1 aromatic carbocycles. The maximum Gasteiger partial charge on any atom is 0.258 e. The molecule has 0 saturated heterocycles. The molecule has 1 rings (SSSR count). The Morgan fingerprint density at radius 3 is 2.44 bits per heavy atom. The van der Waals surface area contributed by atoms with Crippen molar-refractivity contribution in [2.75, 3.05) is 13.2 Å². The van der Waals surface area contributed by atoms with Crippen LogP contribution >= 0.6 is 0 Å². The van der Waals surface area contributed by atoms with Crippen LogP contribution in [0, 0.1) is 0 Å². The van der Waals surface area contributed by atoms with Gasteiger partial charge in [-0.15, -0.1) is 0 Å². The Labute approximate surface area is 106 Å². The van der Waals surface area contributed by atoms with Crippen molar-refractivity contribution in [3.8, 4) is 5.75 Å². The summed E-state index contributed by atoms with van der Waals surface area (Å²) in [6, 6.07) is 6.56. The summed E-state index contributed by atoms with van der Waals surface area (Å²) in [5.74, 6) is 0.204. The molecule has 98 valence electrons. The number of aliphatic hydroxyl groups excluding tert-OH is 1. The Morgan fingerprint density at radius 2 is 1.94 bits per heavy atom. The maximum absolute atomic E-state index is 11.3. The minimum atomic E-state index is -0.580. The highest BCUT2D eigenvalue weighted by atomic mass is 16.5. The van der Waals surface area contributed by atoms with Crippen LogP contribution < -0.4 is 10.1 Å². The van der Waals surface area contributed by atoms with Crippen LogP contribution in [0.5, 0.6) is 5.75 Å². The van der Waals surface area contributed by atoms with Crippen molar-refractivity contribution >= 4 is 11.7 Å². The van der Waals surface area contributed by atoms with Gasteiger partial charge >= 0.3 is 0 Å². The van der Waals surface area contributed by atoms with Crippen LogP contribution in [-0.2, 0) is 4.79 Å². The van der Waals surface area contributed by atoms with Gasteiger partial charge in [-0.25, -0.2) is 0 Å². The van der Waals surface area contributed by atoms with Gasteiger partial charge in [0, 0.05) is 12.1 Å². The first kappa shape index (κ1) is 14.2. The number of benzene rings is 1. The van der Waals surface area contributed by atoms with Crippen LogP contribution in [0.2, 0.25) is 0 Å². The number of amides is 1. The first-order valence-corrected chi connectivity index (χ1v) is 5.67. The van der Waals surface area contributed by atoms with Crippen LogP contribution in [0.25, 0.3) is 0 Å². The zero-order valence-electron chi connectivity index (χ0n) is 10.5. The van der Waals surface area contributed by atoms with E-state index in [2.05, 4.69) is 5.32 Å². The first-order chi connectivity index (χ1) is 8.49. The fourth-order valence-electron chi connectivity index (χ4n) is 1.25. The molecule has 0 saturated carbocycles. The summed E-state index contributed by atoms with van der Waals surface area (Å²) in [6.45, 7) is 3.15. The van der Waals surface area contributed by atoms with Gasteiger partial charge in [-0.3, -0.25) is 9.59 Å². The average Bonchev–Trinajstić information content (AvgIpc) is 2.34. The second kappa shape index (κ2) is 6.76. The molecule has 0 aliphatic heterocycles. The number of ether oxygens (including phenoxy) is 1. The zero-order chi connectivity index (χ0) is 13.5. The quantitative estimate of drug-likeness (QED) is 0.732. The number of carbonyl (C=O) groups excluding carboxylic acids is 2. The molecule has 0 aliphatic carbocycles. The minimum absolute atomic E-state index is 0.0174. The van der Waals surface area contributed by atoms with Crippen molar-refractivity contribution in [2.24, 2.45) is 0 Å². The van der Waals surface area contributed by atoms with Gasteiger partial charge < -0.3 is 15.2 Å². The Bertz CT molecular complexity index is 412. The number of Topliss-reactive ketones (excluding diaryl/α,β-unsaturated/α-hetero) is 1. The van der Waals surface area contributed by atoms with Gasteiger partial charge in [-0.1, -0.05) is 0 Å². The number of aliphatic hydroxyl groups is 1. The molecular weight excluding hydrogens is 234 g/mol. The van der Waals surface area contributed by atoms with E-state index in [-0.39, 0.29) is 24.8 Å². The Balaban J connectivity index is 2.39. The lowest BCUT2D eigenvalue weighted by Gasteiger charge is -2.08. The van der Waals surface area contributed by atoms with E-state index in [1.165, 1.54) is 6.92 Å². The van der Waals surface area contributed by atoms with Gasteiger partial charge in [0.25, 0.3) is 5.91 Å². The summed E-state index contributed by atoms with van der Waals surface area (Å²) < 4.78 is 5.23. The van der Waals surface area contributed by atoms with Gasteiger partial charge in [0.1, 0.15) is 5.75 Å². The Morgan fingerprint density at radius 1 is 1.33 bits per heavy atom. The Hall–Kier alpha value is -1.88. The van der Waals surface area contributed by atoms with Crippen molar-refractivity contribution in [3.05, 3.63) is 29.8 Å². The molecule has 1 aromatic rings. The summed E-state index contributed by atoms with van der Waals surface area (Å²) in [6.07, 6.45) is -0.580. The fourth-order valence-corrected chi connectivity index (χ4v) is 1.25. The van der Waals surface area contributed by atoms with Crippen LogP contribution in [0.1, 0.15) is 24.2 Å². The van der Waals surface area contributed by atoms with Gasteiger partial charge in [-0.05, 0) is 38.1 Å². The van der Waals surface area contributed by atoms with E-state index in [1.807, 2.05) is 0 Å². The van der Waals surface area contributed by atoms with Crippen molar-refractivity contribution in [3.63, 3.8) is 0 Å². The van der Waals surface area contributed by atoms with Crippen molar-refractivity contribution < 1.29 is 19.4 Å². The summed E-state index contributed by atoms with van der Waals surface area (Å²) in [4.78, 5) is 22.3. The summed E-state index contributed by atoms with van der Waals surface area (Å²) in [5.41, 5.74) is 0.598. The van der Waals surface area contributed by atoms with Crippen LogP contribution in [0.15, 0.2) is 24.3 Å². The van der Waals surface area contributed by atoms with Gasteiger partial charge in [0.15, 0.2) is 12.4 Å².